The molecule has 3 nitrogen and oxygen atoms in total. The van der Waals surface area contributed by atoms with Gasteiger partial charge in [-0.15, -0.1) is 6.58 Å². The highest BCUT2D eigenvalue weighted by Crippen LogP contribution is 1.99. The van der Waals surface area contributed by atoms with Crippen molar-refractivity contribution in [3.8, 4) is 0 Å². The molecular weight excluding hydrogens is 188 g/mol. The Morgan fingerprint density at radius 1 is 1.47 bits per heavy atom. The molecule has 88 valence electrons. The van der Waals surface area contributed by atoms with Gasteiger partial charge in [0, 0.05) is 18.6 Å². The second-order valence-corrected chi connectivity index (χ2v) is 4.12. The van der Waals surface area contributed by atoms with Crippen LogP contribution in [0.4, 0.5) is 0 Å². The molecule has 1 amide bonds. The summed E-state index contributed by atoms with van der Waals surface area (Å²) in [6.07, 6.45) is 2.80. The third kappa shape index (κ3) is 5.57. The number of rotatable bonds is 7. The maximum atomic E-state index is 11.8. The third-order valence-electron chi connectivity index (χ3n) is 2.48. The Kier molecular flexibility index (Phi) is 7.05. The number of carbonyl (C=O) groups is 1. The fourth-order valence-corrected chi connectivity index (χ4v) is 1.25. The summed E-state index contributed by atoms with van der Waals surface area (Å²) < 4.78 is 0. The zero-order valence-corrected chi connectivity index (χ0v) is 10.4. The van der Waals surface area contributed by atoms with Gasteiger partial charge in [0.2, 0.25) is 5.91 Å². The molecule has 0 spiro atoms. The molecule has 0 aliphatic heterocycles. The summed E-state index contributed by atoms with van der Waals surface area (Å²) in [6.45, 7) is 12.9. The van der Waals surface area contributed by atoms with Gasteiger partial charge in [-0.3, -0.25) is 4.79 Å². The standard InChI is InChI=1S/C12H24N2O/c1-6-8-14(10(3)4)12(15)9-13-11(5)7-2/h6,10-11,13H,1,7-9H2,2-5H3. The van der Waals surface area contributed by atoms with Crippen molar-refractivity contribution in [3.05, 3.63) is 12.7 Å². The molecule has 0 aliphatic rings. The second kappa shape index (κ2) is 7.46. The van der Waals surface area contributed by atoms with Gasteiger partial charge in [-0.2, -0.15) is 0 Å². The van der Waals surface area contributed by atoms with Crippen molar-refractivity contribution < 1.29 is 4.79 Å². The van der Waals surface area contributed by atoms with Gasteiger partial charge < -0.3 is 10.2 Å². The third-order valence-corrected chi connectivity index (χ3v) is 2.48. The molecule has 3 heteroatoms. The van der Waals surface area contributed by atoms with Crippen molar-refractivity contribution in [2.45, 2.75) is 46.2 Å². The highest BCUT2D eigenvalue weighted by atomic mass is 16.2. The maximum absolute atomic E-state index is 11.8. The van der Waals surface area contributed by atoms with E-state index >= 15 is 0 Å². The molecule has 0 bridgehead atoms. The molecule has 0 aromatic carbocycles. The first-order valence-corrected chi connectivity index (χ1v) is 5.66. The molecular formula is C12H24N2O. The van der Waals surface area contributed by atoms with Gasteiger partial charge in [0.1, 0.15) is 0 Å². The average Bonchev–Trinajstić information content (AvgIpc) is 2.21. The monoisotopic (exact) mass is 212 g/mol. The van der Waals surface area contributed by atoms with Crippen LogP contribution in [-0.2, 0) is 4.79 Å². The van der Waals surface area contributed by atoms with E-state index < -0.39 is 0 Å². The van der Waals surface area contributed by atoms with E-state index in [1.807, 2.05) is 18.7 Å². The van der Waals surface area contributed by atoms with E-state index in [1.165, 1.54) is 0 Å². The van der Waals surface area contributed by atoms with Crippen LogP contribution < -0.4 is 5.32 Å². The molecule has 0 aromatic heterocycles. The molecule has 0 aliphatic carbocycles. The van der Waals surface area contributed by atoms with E-state index in [0.717, 1.165) is 6.42 Å². The summed E-state index contributed by atoms with van der Waals surface area (Å²) in [4.78, 5) is 13.6. The van der Waals surface area contributed by atoms with Gasteiger partial charge >= 0.3 is 0 Å². The van der Waals surface area contributed by atoms with Gasteiger partial charge in [0.15, 0.2) is 0 Å². The molecule has 0 heterocycles. The first kappa shape index (κ1) is 14.2. The fraction of sp³-hybridized carbons (Fsp3) is 0.750. The number of hydrogen-bond acceptors (Lipinski definition) is 2. The van der Waals surface area contributed by atoms with Crippen molar-refractivity contribution in [1.82, 2.24) is 10.2 Å². The van der Waals surface area contributed by atoms with E-state index in [4.69, 9.17) is 0 Å². The highest BCUT2D eigenvalue weighted by molar-refractivity contribution is 5.78. The molecule has 0 aromatic rings. The van der Waals surface area contributed by atoms with Crippen LogP contribution in [0.25, 0.3) is 0 Å². The van der Waals surface area contributed by atoms with E-state index in [9.17, 15) is 4.79 Å². The lowest BCUT2D eigenvalue weighted by molar-refractivity contribution is -0.131. The van der Waals surface area contributed by atoms with Crippen LogP contribution >= 0.6 is 0 Å². The summed E-state index contributed by atoms with van der Waals surface area (Å²) >= 11 is 0. The predicted octanol–water partition coefficient (Wildman–Crippen LogP) is 1.80. The van der Waals surface area contributed by atoms with Crippen molar-refractivity contribution >= 4 is 5.91 Å². The van der Waals surface area contributed by atoms with Crippen LogP contribution in [0, 0.1) is 0 Å². The first-order chi connectivity index (χ1) is 7.02. The Labute approximate surface area is 93.5 Å². The first-order valence-electron chi connectivity index (χ1n) is 5.66. The Morgan fingerprint density at radius 2 is 2.07 bits per heavy atom. The van der Waals surface area contributed by atoms with Crippen LogP contribution in [0.2, 0.25) is 0 Å². The SMILES string of the molecule is C=CCN(C(=O)CNC(C)CC)C(C)C. The number of hydrogen-bond donors (Lipinski definition) is 1. The van der Waals surface area contributed by atoms with Gasteiger partial charge in [-0.05, 0) is 27.2 Å². The predicted molar refractivity (Wildman–Crippen MR) is 64.8 cm³/mol. The zero-order valence-electron chi connectivity index (χ0n) is 10.4. The van der Waals surface area contributed by atoms with Crippen LogP contribution in [0.3, 0.4) is 0 Å². The summed E-state index contributed by atoms with van der Waals surface area (Å²) in [5, 5.41) is 3.20. The number of amides is 1. The van der Waals surface area contributed by atoms with Crippen LogP contribution in [-0.4, -0.2) is 36.0 Å². The van der Waals surface area contributed by atoms with Crippen LogP contribution in [0.1, 0.15) is 34.1 Å². The lowest BCUT2D eigenvalue weighted by Crippen LogP contribution is -2.44. The van der Waals surface area contributed by atoms with Gasteiger partial charge in [0.05, 0.1) is 6.54 Å². The molecule has 0 radical (unpaired) electrons. The molecule has 0 saturated carbocycles. The van der Waals surface area contributed by atoms with Crippen LogP contribution in [0.15, 0.2) is 12.7 Å². The molecule has 0 saturated heterocycles. The Hall–Kier alpha value is -0.830. The van der Waals surface area contributed by atoms with E-state index in [2.05, 4.69) is 25.7 Å². The number of nitrogens with one attached hydrogen (secondary N) is 1. The topological polar surface area (TPSA) is 32.3 Å². The van der Waals surface area contributed by atoms with Crippen molar-refractivity contribution in [3.63, 3.8) is 0 Å². The zero-order chi connectivity index (χ0) is 11.8. The van der Waals surface area contributed by atoms with Crippen molar-refractivity contribution in [1.29, 1.82) is 0 Å². The fourth-order valence-electron chi connectivity index (χ4n) is 1.25. The summed E-state index contributed by atoms with van der Waals surface area (Å²) in [5.74, 6) is 0.144. The largest absolute Gasteiger partial charge is 0.335 e. The van der Waals surface area contributed by atoms with E-state index in [1.54, 1.807) is 6.08 Å². The summed E-state index contributed by atoms with van der Waals surface area (Å²) in [5.41, 5.74) is 0. The smallest absolute Gasteiger partial charge is 0.237 e. The van der Waals surface area contributed by atoms with Crippen LogP contribution in [0.5, 0.6) is 0 Å². The Morgan fingerprint density at radius 3 is 2.47 bits per heavy atom. The molecule has 1 unspecified atom stereocenters. The van der Waals surface area contributed by atoms with Crippen molar-refractivity contribution in [2.24, 2.45) is 0 Å². The quantitative estimate of drug-likeness (QED) is 0.653. The summed E-state index contributed by atoms with van der Waals surface area (Å²) in [7, 11) is 0. The average molecular weight is 212 g/mol. The molecule has 0 fully saturated rings. The van der Waals surface area contributed by atoms with Gasteiger partial charge in [-0.25, -0.2) is 0 Å². The maximum Gasteiger partial charge on any atom is 0.237 e. The number of carbonyl (C=O) groups excluding carboxylic acids is 1. The van der Waals surface area contributed by atoms with Crippen molar-refractivity contribution in [2.75, 3.05) is 13.1 Å². The lowest BCUT2D eigenvalue weighted by Gasteiger charge is -2.26. The highest BCUT2D eigenvalue weighted by Gasteiger charge is 2.15. The minimum absolute atomic E-state index is 0.144. The molecule has 1 N–H and O–H groups in total. The normalized spacial score (nSPS) is 12.6. The van der Waals surface area contributed by atoms with E-state index in [-0.39, 0.29) is 11.9 Å². The molecule has 0 rings (SSSR count). The minimum Gasteiger partial charge on any atom is -0.335 e. The second-order valence-electron chi connectivity index (χ2n) is 4.12. The Balaban J connectivity index is 4.08. The lowest BCUT2D eigenvalue weighted by atomic mass is 10.2. The minimum atomic E-state index is 0.144. The molecule has 1 atom stereocenters. The molecule has 15 heavy (non-hydrogen) atoms. The van der Waals surface area contributed by atoms with E-state index in [0.29, 0.717) is 19.1 Å². The number of nitrogens with zero attached hydrogens (tertiary/aromatic N) is 1. The van der Waals surface area contributed by atoms with Gasteiger partial charge in [0.25, 0.3) is 0 Å². The van der Waals surface area contributed by atoms with Gasteiger partial charge in [-0.1, -0.05) is 13.0 Å². The Bertz CT molecular complexity index is 202. The summed E-state index contributed by atoms with van der Waals surface area (Å²) in [6, 6.07) is 0.626.